The first kappa shape index (κ1) is 18.1. The van der Waals surface area contributed by atoms with Gasteiger partial charge in [0, 0.05) is 30.4 Å². The minimum absolute atomic E-state index is 0.217. The van der Waals surface area contributed by atoms with Crippen molar-refractivity contribution in [3.05, 3.63) is 64.0 Å². The molecule has 8 heteroatoms. The number of aliphatic imine (C=N–C) groups is 1. The van der Waals surface area contributed by atoms with Gasteiger partial charge in [-0.25, -0.2) is 5.48 Å². The SMILES string of the molecule is O=C(NO)c1ccc(C2N=CC(CNCCOc3ccccc3)=CN2)s1. The Morgan fingerprint density at radius 2 is 2.12 bits per heavy atom. The van der Waals surface area contributed by atoms with E-state index in [0.29, 0.717) is 18.0 Å². The van der Waals surface area contributed by atoms with Crippen molar-refractivity contribution < 1.29 is 14.7 Å². The molecule has 0 fully saturated rings. The Bertz CT molecular complexity index is 789. The van der Waals surface area contributed by atoms with Crippen molar-refractivity contribution in [3.8, 4) is 5.75 Å². The molecule has 0 bridgehead atoms. The standard InChI is InChI=1S/C18H20N4O3S/c23-18(22-24)16-7-6-15(26-16)17-20-11-13(12-21-17)10-19-8-9-25-14-4-2-1-3-5-14/h1-7,11-12,17,19-20,24H,8-10H2,(H,22,23). The average Bonchev–Trinajstić information content (AvgIpc) is 3.19. The lowest BCUT2D eigenvalue weighted by atomic mass is 10.2. The number of para-hydroxylation sites is 1. The fraction of sp³-hybridized carbons (Fsp3) is 0.222. The molecule has 26 heavy (non-hydrogen) atoms. The maximum absolute atomic E-state index is 11.4. The van der Waals surface area contributed by atoms with Gasteiger partial charge in [-0.15, -0.1) is 11.3 Å². The van der Waals surface area contributed by atoms with Crippen LogP contribution >= 0.6 is 11.3 Å². The summed E-state index contributed by atoms with van der Waals surface area (Å²) in [6.07, 6.45) is 3.51. The van der Waals surface area contributed by atoms with E-state index in [1.165, 1.54) is 11.3 Å². The van der Waals surface area contributed by atoms with Crippen LogP contribution in [-0.2, 0) is 0 Å². The second-order valence-electron chi connectivity index (χ2n) is 5.55. The summed E-state index contributed by atoms with van der Waals surface area (Å²) in [6.45, 7) is 2.01. The Hall–Kier alpha value is -2.68. The molecule has 1 aromatic carbocycles. The summed E-state index contributed by atoms with van der Waals surface area (Å²) < 4.78 is 5.62. The molecule has 0 spiro atoms. The Labute approximate surface area is 155 Å². The monoisotopic (exact) mass is 372 g/mol. The van der Waals surface area contributed by atoms with Crippen LogP contribution in [0.25, 0.3) is 0 Å². The van der Waals surface area contributed by atoms with Crippen LogP contribution < -0.4 is 20.9 Å². The van der Waals surface area contributed by atoms with Crippen molar-refractivity contribution in [1.82, 2.24) is 16.1 Å². The van der Waals surface area contributed by atoms with Crippen molar-refractivity contribution in [2.75, 3.05) is 19.7 Å². The lowest BCUT2D eigenvalue weighted by Crippen LogP contribution is -2.26. The molecular weight excluding hydrogens is 352 g/mol. The van der Waals surface area contributed by atoms with Crippen molar-refractivity contribution >= 4 is 23.5 Å². The van der Waals surface area contributed by atoms with Gasteiger partial charge in [0.25, 0.3) is 5.91 Å². The van der Waals surface area contributed by atoms with Crippen molar-refractivity contribution in [3.63, 3.8) is 0 Å². The summed E-state index contributed by atoms with van der Waals surface area (Å²) in [5, 5.41) is 15.2. The largest absolute Gasteiger partial charge is 0.492 e. The van der Waals surface area contributed by atoms with E-state index < -0.39 is 5.91 Å². The topological polar surface area (TPSA) is 95.0 Å². The summed E-state index contributed by atoms with van der Waals surface area (Å²) >= 11 is 1.29. The van der Waals surface area contributed by atoms with Gasteiger partial charge in [0.15, 0.2) is 6.17 Å². The highest BCUT2D eigenvalue weighted by Crippen LogP contribution is 2.25. The minimum Gasteiger partial charge on any atom is -0.492 e. The lowest BCUT2D eigenvalue weighted by molar-refractivity contribution is 0.0711. The van der Waals surface area contributed by atoms with Gasteiger partial charge in [0.05, 0.1) is 4.88 Å². The van der Waals surface area contributed by atoms with Crippen LogP contribution in [0.2, 0.25) is 0 Å². The molecule has 2 heterocycles. The fourth-order valence-corrected chi connectivity index (χ4v) is 3.26. The van der Waals surface area contributed by atoms with Crippen molar-refractivity contribution in [1.29, 1.82) is 0 Å². The first-order valence-corrected chi connectivity index (χ1v) is 8.99. The van der Waals surface area contributed by atoms with Crippen LogP contribution in [0.15, 0.2) is 59.2 Å². The van der Waals surface area contributed by atoms with Gasteiger partial charge in [-0.05, 0) is 29.8 Å². The van der Waals surface area contributed by atoms with E-state index in [4.69, 9.17) is 9.94 Å². The van der Waals surface area contributed by atoms with Crippen LogP contribution in [0, 0.1) is 0 Å². The molecule has 136 valence electrons. The molecule has 2 aromatic rings. The third kappa shape index (κ3) is 4.92. The van der Waals surface area contributed by atoms with Gasteiger partial charge in [0.2, 0.25) is 0 Å². The Morgan fingerprint density at radius 1 is 1.27 bits per heavy atom. The summed E-state index contributed by atoms with van der Waals surface area (Å²) in [5.74, 6) is 0.349. The summed E-state index contributed by atoms with van der Waals surface area (Å²) in [6, 6.07) is 13.2. The number of rotatable bonds is 8. The number of amides is 1. The molecule has 0 aliphatic carbocycles. The number of nitrogens with one attached hydrogen (secondary N) is 3. The van der Waals surface area contributed by atoms with Crippen molar-refractivity contribution in [2.45, 2.75) is 6.17 Å². The van der Waals surface area contributed by atoms with Crippen LogP contribution in [0.4, 0.5) is 0 Å². The molecule has 1 aliphatic rings. The molecule has 4 N–H and O–H groups in total. The van der Waals surface area contributed by atoms with Crippen LogP contribution in [-0.4, -0.2) is 37.0 Å². The average molecular weight is 372 g/mol. The van der Waals surface area contributed by atoms with Gasteiger partial charge in [-0.2, -0.15) is 0 Å². The number of benzene rings is 1. The molecule has 1 aliphatic heterocycles. The van der Waals surface area contributed by atoms with Gasteiger partial charge in [0.1, 0.15) is 12.4 Å². The molecule has 7 nitrogen and oxygen atoms in total. The van der Waals surface area contributed by atoms with Crippen molar-refractivity contribution in [2.24, 2.45) is 4.99 Å². The molecular formula is C18H20N4O3S. The number of nitrogens with zero attached hydrogens (tertiary/aromatic N) is 1. The first-order chi connectivity index (χ1) is 12.8. The number of hydrogen-bond acceptors (Lipinski definition) is 7. The molecule has 1 atom stereocenters. The maximum Gasteiger partial charge on any atom is 0.284 e. The normalized spacial score (nSPS) is 15.9. The highest BCUT2D eigenvalue weighted by Gasteiger charge is 2.16. The molecule has 3 rings (SSSR count). The number of carbonyl (C=O) groups is 1. The maximum atomic E-state index is 11.4. The van der Waals surface area contributed by atoms with E-state index in [0.717, 1.165) is 22.7 Å². The second kappa shape index (κ2) is 9.14. The number of thiophene rings is 1. The number of carbonyl (C=O) groups excluding carboxylic acids is 1. The Balaban J connectivity index is 1.39. The predicted molar refractivity (Wildman–Crippen MR) is 101 cm³/mol. The summed E-state index contributed by atoms with van der Waals surface area (Å²) in [5.41, 5.74) is 2.66. The number of ether oxygens (including phenoxy) is 1. The summed E-state index contributed by atoms with van der Waals surface area (Å²) in [7, 11) is 0. The van der Waals surface area contributed by atoms with E-state index in [1.54, 1.807) is 11.5 Å². The molecule has 1 amide bonds. The number of hydrogen-bond donors (Lipinski definition) is 4. The minimum atomic E-state index is -0.515. The lowest BCUT2D eigenvalue weighted by Gasteiger charge is -2.17. The Kier molecular flexibility index (Phi) is 6.37. The molecule has 1 unspecified atom stereocenters. The first-order valence-electron chi connectivity index (χ1n) is 8.17. The molecule has 1 aromatic heterocycles. The zero-order valence-corrected chi connectivity index (χ0v) is 14.8. The highest BCUT2D eigenvalue weighted by atomic mass is 32.1. The highest BCUT2D eigenvalue weighted by molar-refractivity contribution is 7.14. The van der Waals surface area contributed by atoms with Gasteiger partial charge < -0.3 is 15.4 Å². The van der Waals surface area contributed by atoms with E-state index >= 15 is 0 Å². The molecule has 0 saturated heterocycles. The van der Waals surface area contributed by atoms with Crippen LogP contribution in [0.1, 0.15) is 20.7 Å². The zero-order valence-electron chi connectivity index (χ0n) is 14.0. The predicted octanol–water partition coefficient (Wildman–Crippen LogP) is 2.09. The fourth-order valence-electron chi connectivity index (χ4n) is 2.36. The van der Waals surface area contributed by atoms with E-state index in [-0.39, 0.29) is 6.17 Å². The quantitative estimate of drug-likeness (QED) is 0.323. The Morgan fingerprint density at radius 3 is 2.85 bits per heavy atom. The smallest absolute Gasteiger partial charge is 0.284 e. The molecule has 0 saturated carbocycles. The van der Waals surface area contributed by atoms with Crippen LogP contribution in [0.5, 0.6) is 5.75 Å². The van der Waals surface area contributed by atoms with E-state index in [9.17, 15) is 4.79 Å². The van der Waals surface area contributed by atoms with E-state index in [1.807, 2.05) is 48.8 Å². The summed E-state index contributed by atoms with van der Waals surface area (Å²) in [4.78, 5) is 17.2. The molecule has 0 radical (unpaired) electrons. The van der Waals surface area contributed by atoms with Gasteiger partial charge >= 0.3 is 0 Å². The second-order valence-corrected chi connectivity index (χ2v) is 6.66. The third-order valence-electron chi connectivity index (χ3n) is 3.66. The van der Waals surface area contributed by atoms with E-state index in [2.05, 4.69) is 15.6 Å². The third-order valence-corrected chi connectivity index (χ3v) is 4.79. The zero-order chi connectivity index (χ0) is 18.2. The van der Waals surface area contributed by atoms with Gasteiger partial charge in [-0.3, -0.25) is 15.0 Å². The number of hydroxylamine groups is 1. The van der Waals surface area contributed by atoms with Crippen LogP contribution in [0.3, 0.4) is 0 Å². The van der Waals surface area contributed by atoms with Gasteiger partial charge in [-0.1, -0.05) is 18.2 Å².